The summed E-state index contributed by atoms with van der Waals surface area (Å²) in [7, 11) is 0. The number of benzene rings is 1. The minimum absolute atomic E-state index is 0.0372. The Balaban J connectivity index is 2.13. The van der Waals surface area contributed by atoms with E-state index in [1.54, 1.807) is 12.1 Å². The van der Waals surface area contributed by atoms with Crippen LogP contribution in [0.4, 0.5) is 4.39 Å². The highest BCUT2D eigenvalue weighted by molar-refractivity contribution is 9.10. The molecular weight excluding hydrogens is 299 g/mol. The fourth-order valence-electron chi connectivity index (χ4n) is 1.48. The predicted octanol–water partition coefficient (Wildman–Crippen LogP) is 3.28. The van der Waals surface area contributed by atoms with Crippen LogP contribution in [0.3, 0.4) is 0 Å². The molecule has 0 radical (unpaired) electrons. The third-order valence-electron chi connectivity index (χ3n) is 2.34. The third-order valence-corrected chi connectivity index (χ3v) is 2.78. The Bertz CT molecular complexity index is 531. The van der Waals surface area contributed by atoms with Crippen molar-refractivity contribution >= 4 is 15.9 Å². The second-order valence-electron chi connectivity index (χ2n) is 3.73. The summed E-state index contributed by atoms with van der Waals surface area (Å²) >= 11 is 3.14. The van der Waals surface area contributed by atoms with E-state index in [-0.39, 0.29) is 5.88 Å². The van der Waals surface area contributed by atoms with Crippen molar-refractivity contribution in [1.82, 2.24) is 4.98 Å². The SMILES string of the molecule is NCCc1ccc(Oc2ncc(Br)cc2F)cc1. The molecule has 0 saturated carbocycles. The zero-order valence-electron chi connectivity index (χ0n) is 9.57. The van der Waals surface area contributed by atoms with E-state index in [0.717, 1.165) is 12.0 Å². The molecule has 18 heavy (non-hydrogen) atoms. The van der Waals surface area contributed by atoms with Gasteiger partial charge in [-0.25, -0.2) is 9.37 Å². The van der Waals surface area contributed by atoms with Gasteiger partial charge >= 0.3 is 0 Å². The molecule has 2 aromatic rings. The number of hydrogen-bond donors (Lipinski definition) is 1. The largest absolute Gasteiger partial charge is 0.436 e. The number of rotatable bonds is 4. The van der Waals surface area contributed by atoms with Crippen LogP contribution in [-0.4, -0.2) is 11.5 Å². The number of hydrogen-bond acceptors (Lipinski definition) is 3. The first-order valence-electron chi connectivity index (χ1n) is 5.47. The lowest BCUT2D eigenvalue weighted by Crippen LogP contribution is -2.02. The lowest BCUT2D eigenvalue weighted by Gasteiger charge is -2.06. The zero-order valence-corrected chi connectivity index (χ0v) is 11.2. The van der Waals surface area contributed by atoms with Crippen LogP contribution in [0.25, 0.3) is 0 Å². The van der Waals surface area contributed by atoms with E-state index in [9.17, 15) is 4.39 Å². The standard InChI is InChI=1S/C13H12BrFN2O/c14-10-7-12(15)13(17-8-10)18-11-3-1-9(2-4-11)5-6-16/h1-4,7-8H,5-6,16H2. The van der Waals surface area contributed by atoms with Crippen LogP contribution >= 0.6 is 15.9 Å². The molecule has 0 saturated heterocycles. The fourth-order valence-corrected chi connectivity index (χ4v) is 1.78. The molecule has 0 aliphatic heterocycles. The van der Waals surface area contributed by atoms with Gasteiger partial charge in [0, 0.05) is 10.7 Å². The molecule has 2 rings (SSSR count). The average Bonchev–Trinajstić information content (AvgIpc) is 2.35. The normalized spacial score (nSPS) is 10.4. The van der Waals surface area contributed by atoms with Crippen LogP contribution < -0.4 is 10.5 Å². The van der Waals surface area contributed by atoms with Gasteiger partial charge in [-0.15, -0.1) is 0 Å². The van der Waals surface area contributed by atoms with Crippen molar-refractivity contribution in [3.05, 3.63) is 52.4 Å². The van der Waals surface area contributed by atoms with E-state index >= 15 is 0 Å². The summed E-state index contributed by atoms with van der Waals surface area (Å²) in [4.78, 5) is 3.87. The van der Waals surface area contributed by atoms with E-state index in [1.165, 1.54) is 12.3 Å². The molecule has 0 aliphatic rings. The van der Waals surface area contributed by atoms with Gasteiger partial charge in [-0.2, -0.15) is 0 Å². The predicted molar refractivity (Wildman–Crippen MR) is 71.2 cm³/mol. The third kappa shape index (κ3) is 3.27. The van der Waals surface area contributed by atoms with E-state index in [0.29, 0.717) is 16.8 Å². The van der Waals surface area contributed by atoms with Gasteiger partial charge in [0.05, 0.1) is 0 Å². The molecule has 0 aliphatic carbocycles. The molecule has 0 spiro atoms. The van der Waals surface area contributed by atoms with Gasteiger partial charge < -0.3 is 10.5 Å². The van der Waals surface area contributed by atoms with Gasteiger partial charge in [-0.3, -0.25) is 0 Å². The van der Waals surface area contributed by atoms with Crippen molar-refractivity contribution in [3.63, 3.8) is 0 Å². The number of nitrogens with zero attached hydrogens (tertiary/aromatic N) is 1. The number of pyridine rings is 1. The highest BCUT2D eigenvalue weighted by Gasteiger charge is 2.07. The van der Waals surface area contributed by atoms with Crippen LogP contribution in [-0.2, 0) is 6.42 Å². The maximum atomic E-state index is 13.5. The number of nitrogens with two attached hydrogens (primary N) is 1. The molecule has 1 aromatic heterocycles. The maximum absolute atomic E-state index is 13.5. The number of ether oxygens (including phenoxy) is 1. The van der Waals surface area contributed by atoms with Crippen molar-refractivity contribution in [2.24, 2.45) is 5.73 Å². The molecule has 5 heteroatoms. The van der Waals surface area contributed by atoms with Crippen molar-refractivity contribution in [2.75, 3.05) is 6.54 Å². The van der Waals surface area contributed by atoms with E-state index in [2.05, 4.69) is 20.9 Å². The summed E-state index contributed by atoms with van der Waals surface area (Å²) in [6, 6.07) is 8.66. The smallest absolute Gasteiger partial charge is 0.255 e. The minimum Gasteiger partial charge on any atom is -0.436 e. The van der Waals surface area contributed by atoms with Crippen molar-refractivity contribution < 1.29 is 9.13 Å². The molecule has 0 amide bonds. The van der Waals surface area contributed by atoms with Crippen LogP contribution in [0.1, 0.15) is 5.56 Å². The number of aromatic nitrogens is 1. The van der Waals surface area contributed by atoms with Gasteiger partial charge in [-0.05, 0) is 52.7 Å². The number of halogens is 2. The monoisotopic (exact) mass is 310 g/mol. The lowest BCUT2D eigenvalue weighted by molar-refractivity contribution is 0.422. The fraction of sp³-hybridized carbons (Fsp3) is 0.154. The summed E-state index contributed by atoms with van der Waals surface area (Å²) in [5.41, 5.74) is 6.58. The maximum Gasteiger partial charge on any atom is 0.255 e. The summed E-state index contributed by atoms with van der Waals surface area (Å²) < 4.78 is 19.4. The van der Waals surface area contributed by atoms with Crippen LogP contribution in [0, 0.1) is 5.82 Å². The summed E-state index contributed by atoms with van der Waals surface area (Å²) in [5.74, 6) is 0.00433. The first-order valence-corrected chi connectivity index (χ1v) is 6.26. The molecule has 0 atom stereocenters. The Labute approximate surface area is 113 Å². The topological polar surface area (TPSA) is 48.1 Å². The lowest BCUT2D eigenvalue weighted by atomic mass is 10.1. The average molecular weight is 311 g/mol. The zero-order chi connectivity index (χ0) is 13.0. The second-order valence-corrected chi connectivity index (χ2v) is 4.64. The van der Waals surface area contributed by atoms with Crippen molar-refractivity contribution in [2.45, 2.75) is 6.42 Å². The second kappa shape index (κ2) is 5.93. The van der Waals surface area contributed by atoms with Gasteiger partial charge in [-0.1, -0.05) is 12.1 Å². The Morgan fingerprint density at radius 3 is 2.61 bits per heavy atom. The molecule has 1 aromatic carbocycles. The van der Waals surface area contributed by atoms with Crippen LogP contribution in [0.15, 0.2) is 41.0 Å². The van der Waals surface area contributed by atoms with E-state index in [4.69, 9.17) is 10.5 Å². The molecule has 3 nitrogen and oxygen atoms in total. The van der Waals surface area contributed by atoms with Gasteiger partial charge in [0.25, 0.3) is 5.88 Å². The van der Waals surface area contributed by atoms with E-state index < -0.39 is 5.82 Å². The minimum atomic E-state index is -0.504. The molecule has 0 bridgehead atoms. The Kier molecular flexibility index (Phi) is 4.28. The first kappa shape index (κ1) is 13.0. The van der Waals surface area contributed by atoms with Gasteiger partial charge in [0.1, 0.15) is 5.75 Å². The molecule has 0 fully saturated rings. The van der Waals surface area contributed by atoms with Gasteiger partial charge in [0.15, 0.2) is 5.82 Å². The van der Waals surface area contributed by atoms with Gasteiger partial charge in [0.2, 0.25) is 0 Å². The highest BCUT2D eigenvalue weighted by Crippen LogP contribution is 2.24. The Morgan fingerprint density at radius 2 is 2.00 bits per heavy atom. The molecule has 0 unspecified atom stereocenters. The molecular formula is C13H12BrFN2O. The van der Waals surface area contributed by atoms with Crippen LogP contribution in [0.5, 0.6) is 11.6 Å². The van der Waals surface area contributed by atoms with Crippen molar-refractivity contribution in [3.8, 4) is 11.6 Å². The Morgan fingerprint density at radius 1 is 1.28 bits per heavy atom. The summed E-state index contributed by atoms with van der Waals surface area (Å²) in [6.45, 7) is 0.600. The summed E-state index contributed by atoms with van der Waals surface area (Å²) in [6.07, 6.45) is 2.30. The highest BCUT2D eigenvalue weighted by atomic mass is 79.9. The Hall–Kier alpha value is -1.46. The van der Waals surface area contributed by atoms with Crippen molar-refractivity contribution in [1.29, 1.82) is 0 Å². The quantitative estimate of drug-likeness (QED) is 0.942. The summed E-state index contributed by atoms with van der Waals surface area (Å²) in [5, 5.41) is 0. The molecule has 2 N–H and O–H groups in total. The first-order chi connectivity index (χ1) is 8.69. The molecule has 94 valence electrons. The van der Waals surface area contributed by atoms with E-state index in [1.807, 2.05) is 12.1 Å². The van der Waals surface area contributed by atoms with Crippen LogP contribution in [0.2, 0.25) is 0 Å². The molecule has 1 heterocycles.